The van der Waals surface area contributed by atoms with Crippen molar-refractivity contribution in [3.8, 4) is 5.75 Å². The van der Waals surface area contributed by atoms with E-state index in [-0.39, 0.29) is 24.3 Å². The van der Waals surface area contributed by atoms with Gasteiger partial charge in [-0.3, -0.25) is 9.59 Å². The zero-order valence-corrected chi connectivity index (χ0v) is 19.1. The van der Waals surface area contributed by atoms with E-state index >= 15 is 0 Å². The van der Waals surface area contributed by atoms with Gasteiger partial charge in [-0.25, -0.2) is 0 Å². The van der Waals surface area contributed by atoms with Gasteiger partial charge in [0.15, 0.2) is 0 Å². The Kier molecular flexibility index (Phi) is 8.51. The summed E-state index contributed by atoms with van der Waals surface area (Å²) in [6.45, 7) is 10.0. The van der Waals surface area contributed by atoms with Crippen LogP contribution in [0.2, 0.25) is 0 Å². The van der Waals surface area contributed by atoms with Gasteiger partial charge in [-0.2, -0.15) is 0 Å². The number of amides is 2. The summed E-state index contributed by atoms with van der Waals surface area (Å²) in [5, 5.41) is 0. The molecule has 2 aromatic rings. The lowest BCUT2D eigenvalue weighted by molar-refractivity contribution is -0.133. The summed E-state index contributed by atoms with van der Waals surface area (Å²) in [7, 11) is 3.55. The van der Waals surface area contributed by atoms with Crippen LogP contribution >= 0.6 is 0 Å². The van der Waals surface area contributed by atoms with Crippen LogP contribution in [0.1, 0.15) is 43.7 Å². The molecule has 30 heavy (non-hydrogen) atoms. The maximum atomic E-state index is 13.3. The zero-order valence-electron chi connectivity index (χ0n) is 19.1. The lowest BCUT2D eigenvalue weighted by Crippen LogP contribution is -2.45. The third kappa shape index (κ3) is 6.65. The molecule has 1 aromatic carbocycles. The molecule has 0 unspecified atom stereocenters. The van der Waals surface area contributed by atoms with Crippen molar-refractivity contribution in [3.63, 3.8) is 0 Å². The molecule has 2 amide bonds. The highest BCUT2D eigenvalue weighted by atomic mass is 16.5. The fourth-order valence-electron chi connectivity index (χ4n) is 3.41. The molecule has 6 nitrogen and oxygen atoms in total. The van der Waals surface area contributed by atoms with E-state index in [1.165, 1.54) is 0 Å². The number of ether oxygens (including phenoxy) is 1. The number of rotatable bonds is 10. The number of methoxy groups -OCH3 is 1. The van der Waals surface area contributed by atoms with Gasteiger partial charge in [-0.05, 0) is 42.2 Å². The molecule has 0 saturated carbocycles. The van der Waals surface area contributed by atoms with Crippen LogP contribution in [0, 0.1) is 11.8 Å². The number of aryl methyl sites for hydroxylation is 1. The topological polar surface area (TPSA) is 54.8 Å². The first-order valence-electron chi connectivity index (χ1n) is 10.5. The highest BCUT2D eigenvalue weighted by Gasteiger charge is 2.24. The predicted octanol–water partition coefficient (Wildman–Crippen LogP) is 3.82. The molecule has 2 rings (SSSR count). The molecule has 0 bridgehead atoms. The van der Waals surface area contributed by atoms with Gasteiger partial charge < -0.3 is 19.1 Å². The van der Waals surface area contributed by atoms with Gasteiger partial charge >= 0.3 is 0 Å². The lowest BCUT2D eigenvalue weighted by Gasteiger charge is -2.30. The summed E-state index contributed by atoms with van der Waals surface area (Å²) in [6.07, 6.45) is 1.98. The zero-order chi connectivity index (χ0) is 22.3. The fourth-order valence-corrected chi connectivity index (χ4v) is 3.41. The van der Waals surface area contributed by atoms with E-state index in [0.29, 0.717) is 36.9 Å². The molecule has 6 heteroatoms. The average Bonchev–Trinajstić information content (AvgIpc) is 3.10. The van der Waals surface area contributed by atoms with E-state index in [1.807, 2.05) is 48.7 Å². The minimum atomic E-state index is -0.153. The Balaban J connectivity index is 2.22. The third-order valence-electron chi connectivity index (χ3n) is 4.86. The minimum Gasteiger partial charge on any atom is -0.497 e. The smallest absolute Gasteiger partial charge is 0.254 e. The maximum absolute atomic E-state index is 13.3. The Bertz CT molecular complexity index is 842. The molecule has 1 aromatic heterocycles. The molecule has 0 aliphatic carbocycles. The van der Waals surface area contributed by atoms with Gasteiger partial charge in [-0.15, -0.1) is 0 Å². The van der Waals surface area contributed by atoms with Gasteiger partial charge in [0.05, 0.1) is 13.7 Å². The number of aromatic nitrogens is 1. The number of carbonyl (C=O) groups excluding carboxylic acids is 2. The van der Waals surface area contributed by atoms with Crippen LogP contribution in [0.4, 0.5) is 0 Å². The Morgan fingerprint density at radius 1 is 1.00 bits per heavy atom. The average molecular weight is 414 g/mol. The molecule has 0 atom stereocenters. The first kappa shape index (κ1) is 23.5. The van der Waals surface area contributed by atoms with Crippen molar-refractivity contribution < 1.29 is 14.3 Å². The van der Waals surface area contributed by atoms with Gasteiger partial charge in [-0.1, -0.05) is 33.8 Å². The molecular weight excluding hydrogens is 378 g/mol. The fraction of sp³-hybridized carbons (Fsp3) is 0.500. The highest BCUT2D eigenvalue weighted by molar-refractivity contribution is 5.96. The second kappa shape index (κ2) is 10.9. The van der Waals surface area contributed by atoms with E-state index in [9.17, 15) is 9.59 Å². The number of hydrogen-bond acceptors (Lipinski definition) is 3. The molecule has 0 aliphatic rings. The Hall–Kier alpha value is -2.76. The Labute approximate surface area is 180 Å². The number of carbonyl (C=O) groups is 2. The molecule has 0 N–H and O–H groups in total. The molecule has 0 saturated heterocycles. The van der Waals surface area contributed by atoms with Gasteiger partial charge in [0.25, 0.3) is 5.91 Å². The van der Waals surface area contributed by atoms with Crippen LogP contribution < -0.4 is 4.74 Å². The van der Waals surface area contributed by atoms with Crippen LogP contribution in [-0.2, 0) is 18.4 Å². The molecule has 0 fully saturated rings. The van der Waals surface area contributed by atoms with Gasteiger partial charge in [0, 0.05) is 37.6 Å². The first-order chi connectivity index (χ1) is 14.2. The molecule has 0 spiro atoms. The monoisotopic (exact) mass is 413 g/mol. The van der Waals surface area contributed by atoms with Crippen molar-refractivity contribution in [2.24, 2.45) is 18.9 Å². The van der Waals surface area contributed by atoms with Crippen molar-refractivity contribution in [3.05, 3.63) is 53.9 Å². The summed E-state index contributed by atoms with van der Waals surface area (Å²) in [6, 6.07) is 11.1. The Morgan fingerprint density at radius 2 is 1.67 bits per heavy atom. The summed E-state index contributed by atoms with van der Waals surface area (Å²) < 4.78 is 7.27. The summed E-state index contributed by atoms with van der Waals surface area (Å²) in [5.41, 5.74) is 1.60. The van der Waals surface area contributed by atoms with Crippen LogP contribution in [0.5, 0.6) is 5.75 Å². The van der Waals surface area contributed by atoms with Crippen LogP contribution in [0.3, 0.4) is 0 Å². The number of benzene rings is 1. The number of nitrogens with zero attached hydrogens (tertiary/aromatic N) is 3. The molecule has 164 valence electrons. The lowest BCUT2D eigenvalue weighted by atomic mass is 10.1. The van der Waals surface area contributed by atoms with E-state index in [0.717, 1.165) is 5.69 Å². The summed E-state index contributed by atoms with van der Waals surface area (Å²) in [5.74, 6) is 1.02. The Morgan fingerprint density at radius 3 is 2.23 bits per heavy atom. The van der Waals surface area contributed by atoms with Crippen molar-refractivity contribution in [1.82, 2.24) is 14.4 Å². The first-order valence-corrected chi connectivity index (χ1v) is 10.5. The maximum Gasteiger partial charge on any atom is 0.254 e. The number of hydrogen-bond donors (Lipinski definition) is 0. The second-order valence-corrected chi connectivity index (χ2v) is 8.59. The van der Waals surface area contributed by atoms with Crippen molar-refractivity contribution in [1.29, 1.82) is 0 Å². The molecule has 1 heterocycles. The molecule has 0 aliphatic heterocycles. The normalized spacial score (nSPS) is 11.1. The van der Waals surface area contributed by atoms with E-state index in [4.69, 9.17) is 4.74 Å². The van der Waals surface area contributed by atoms with Gasteiger partial charge in [0.1, 0.15) is 12.3 Å². The molecular formula is C24H35N3O3. The summed E-state index contributed by atoms with van der Waals surface area (Å²) >= 11 is 0. The van der Waals surface area contributed by atoms with Crippen molar-refractivity contribution in [2.75, 3.05) is 26.7 Å². The third-order valence-corrected chi connectivity index (χ3v) is 4.86. The van der Waals surface area contributed by atoms with E-state index < -0.39 is 0 Å². The predicted molar refractivity (Wildman–Crippen MR) is 119 cm³/mol. The highest BCUT2D eigenvalue weighted by Crippen LogP contribution is 2.16. The minimum absolute atomic E-state index is 0.0400. The largest absolute Gasteiger partial charge is 0.497 e. The van der Waals surface area contributed by atoms with Gasteiger partial charge in [0.2, 0.25) is 5.91 Å². The molecule has 0 radical (unpaired) electrons. The SMILES string of the molecule is COc1cccc(C(=O)N(CC(=O)N(Cc2cccn2C)CC(C)C)CC(C)C)c1. The van der Waals surface area contributed by atoms with Crippen LogP contribution in [-0.4, -0.2) is 52.9 Å². The van der Waals surface area contributed by atoms with E-state index in [2.05, 4.69) is 13.8 Å². The van der Waals surface area contributed by atoms with Crippen molar-refractivity contribution >= 4 is 11.8 Å². The van der Waals surface area contributed by atoms with Crippen molar-refractivity contribution in [2.45, 2.75) is 34.2 Å². The summed E-state index contributed by atoms with van der Waals surface area (Å²) in [4.78, 5) is 30.0. The second-order valence-electron chi connectivity index (χ2n) is 8.59. The standard InChI is InChI=1S/C24H35N3O3/c1-18(2)14-26(16-21-10-8-12-25(21)5)23(28)17-27(15-19(3)4)24(29)20-9-7-11-22(13-20)30-6/h7-13,18-19H,14-17H2,1-6H3. The van der Waals surface area contributed by atoms with Crippen LogP contribution in [0.15, 0.2) is 42.6 Å². The van der Waals surface area contributed by atoms with E-state index in [1.54, 1.807) is 36.3 Å². The quantitative estimate of drug-likeness (QED) is 0.595. The van der Waals surface area contributed by atoms with Crippen LogP contribution in [0.25, 0.3) is 0 Å².